The molecule has 0 radical (unpaired) electrons. The maximum absolute atomic E-state index is 14.5. The van der Waals surface area contributed by atoms with Crippen LogP contribution in [0.1, 0.15) is 31.7 Å². The minimum atomic E-state index is -1.21. The number of anilines is 1. The Balaban J connectivity index is 1.88. The van der Waals surface area contributed by atoms with Crippen LogP contribution in [-0.2, 0) is 0 Å². The molecule has 3 rings (SSSR count). The van der Waals surface area contributed by atoms with Crippen LogP contribution in [0, 0.1) is 29.3 Å². The van der Waals surface area contributed by atoms with Crippen LogP contribution in [0.5, 0.6) is 0 Å². The van der Waals surface area contributed by atoms with Gasteiger partial charge in [0.2, 0.25) is 0 Å². The third kappa shape index (κ3) is 4.50. The fourth-order valence-electron chi connectivity index (χ4n) is 2.73. The summed E-state index contributed by atoms with van der Waals surface area (Å²) in [7, 11) is 1.22. The largest absolute Gasteiger partial charge is 0.377 e. The fraction of sp³-hybridized carbons (Fsp3) is 0.238. The quantitative estimate of drug-likeness (QED) is 0.362. The summed E-state index contributed by atoms with van der Waals surface area (Å²) in [6.07, 6.45) is 2.64. The van der Waals surface area contributed by atoms with Crippen LogP contribution >= 0.6 is 0 Å². The maximum atomic E-state index is 14.5. The first-order valence-electron chi connectivity index (χ1n) is 9.41. The van der Waals surface area contributed by atoms with Gasteiger partial charge < -0.3 is 0 Å². The first-order chi connectivity index (χ1) is 14.8. The highest BCUT2D eigenvalue weighted by atomic mass is 19.1. The number of carbonyl (C=O) groups is 1. The number of unbranched alkanes of at least 4 members (excludes halogenated alkanes) is 2. The van der Waals surface area contributed by atoms with E-state index in [-0.39, 0.29) is 10.4 Å². The number of nitrogens with zero attached hydrogens (tertiary/aromatic N) is 5. The van der Waals surface area contributed by atoms with E-state index in [1.54, 1.807) is 0 Å². The average Bonchev–Trinajstić information content (AvgIpc) is 3.11. The molecule has 0 aliphatic heterocycles. The molecule has 0 fully saturated rings. The number of halogens is 3. The summed E-state index contributed by atoms with van der Waals surface area (Å²) in [6, 6.07) is 5.96. The highest BCUT2D eigenvalue weighted by molar-refractivity contribution is 5.92. The molecule has 2 aromatic carbocycles. The Morgan fingerprint density at radius 3 is 2.45 bits per heavy atom. The van der Waals surface area contributed by atoms with Crippen LogP contribution in [0.3, 0.4) is 0 Å². The topological polar surface area (TPSA) is 73.0 Å². The molecule has 1 heterocycles. The Kier molecular flexibility index (Phi) is 6.55. The van der Waals surface area contributed by atoms with Crippen molar-refractivity contribution in [3.05, 3.63) is 69.9 Å². The lowest BCUT2D eigenvalue weighted by Gasteiger charge is -2.16. The van der Waals surface area contributed by atoms with Crippen LogP contribution in [0.15, 0.2) is 41.2 Å². The van der Waals surface area contributed by atoms with Gasteiger partial charge in [-0.1, -0.05) is 31.3 Å². The van der Waals surface area contributed by atoms with Crippen LogP contribution < -0.4 is 10.6 Å². The van der Waals surface area contributed by atoms with Crippen molar-refractivity contribution in [3.63, 3.8) is 0 Å². The van der Waals surface area contributed by atoms with E-state index in [4.69, 9.17) is 0 Å². The van der Waals surface area contributed by atoms with E-state index in [0.717, 1.165) is 35.9 Å². The number of tetrazole rings is 1. The van der Waals surface area contributed by atoms with Crippen molar-refractivity contribution in [2.75, 3.05) is 11.9 Å². The molecule has 0 aliphatic carbocycles. The van der Waals surface area contributed by atoms with Gasteiger partial charge in [0.25, 0.3) is 0 Å². The Morgan fingerprint density at radius 1 is 1.10 bits per heavy atom. The molecule has 0 spiro atoms. The normalized spacial score (nSPS) is 10.5. The molecule has 0 aliphatic rings. The Hall–Kier alpha value is -3.87. The van der Waals surface area contributed by atoms with Gasteiger partial charge in [-0.05, 0) is 47.2 Å². The maximum Gasteiger partial charge on any atom is 0.377 e. The number of benzene rings is 2. The van der Waals surface area contributed by atoms with Crippen molar-refractivity contribution < 1.29 is 18.0 Å². The molecule has 0 atom stereocenters. The summed E-state index contributed by atoms with van der Waals surface area (Å²) >= 11 is 0. The molecule has 160 valence electrons. The molecule has 0 N–H and O–H groups in total. The molecule has 0 saturated carbocycles. The highest BCUT2D eigenvalue weighted by Crippen LogP contribution is 2.20. The lowest BCUT2D eigenvalue weighted by molar-refractivity contribution is 0.244. The lowest BCUT2D eigenvalue weighted by Crippen LogP contribution is -2.39. The van der Waals surface area contributed by atoms with Gasteiger partial charge in [0.1, 0.15) is 11.5 Å². The number of aromatic nitrogens is 4. The minimum absolute atomic E-state index is 0.136. The molecule has 1 amide bonds. The zero-order valence-corrected chi connectivity index (χ0v) is 16.8. The van der Waals surface area contributed by atoms with Crippen molar-refractivity contribution >= 4 is 11.7 Å². The number of hydrogen-bond donors (Lipinski definition) is 0. The molecule has 31 heavy (non-hydrogen) atoms. The summed E-state index contributed by atoms with van der Waals surface area (Å²) in [5.74, 6) is 2.93. The molecule has 1 aromatic heterocycles. The third-order valence-electron chi connectivity index (χ3n) is 4.40. The first-order valence-corrected chi connectivity index (χ1v) is 9.41. The Bertz CT molecular complexity index is 1220. The van der Waals surface area contributed by atoms with Gasteiger partial charge in [-0.3, -0.25) is 4.90 Å². The molecule has 0 unspecified atom stereocenters. The number of carbonyl (C=O) groups excluding carboxylic acids is 1. The summed E-state index contributed by atoms with van der Waals surface area (Å²) < 4.78 is 43.0. The lowest BCUT2D eigenvalue weighted by atomic mass is 10.1. The predicted octanol–water partition coefficient (Wildman–Crippen LogP) is 3.49. The Morgan fingerprint density at radius 2 is 1.81 bits per heavy atom. The predicted molar refractivity (Wildman–Crippen MR) is 108 cm³/mol. The van der Waals surface area contributed by atoms with E-state index < -0.39 is 34.9 Å². The zero-order chi connectivity index (χ0) is 22.5. The van der Waals surface area contributed by atoms with Gasteiger partial charge in [0, 0.05) is 19.0 Å². The van der Waals surface area contributed by atoms with E-state index in [9.17, 15) is 22.8 Å². The molecule has 3 aromatic rings. The minimum Gasteiger partial charge on any atom is -0.292 e. The summed E-state index contributed by atoms with van der Waals surface area (Å²) in [5, 5.41) is 6.74. The summed E-state index contributed by atoms with van der Waals surface area (Å²) in [4.78, 5) is 26.0. The van der Waals surface area contributed by atoms with Crippen molar-refractivity contribution in [1.82, 2.24) is 19.8 Å². The highest BCUT2D eigenvalue weighted by Gasteiger charge is 2.24. The van der Waals surface area contributed by atoms with Crippen molar-refractivity contribution in [1.29, 1.82) is 0 Å². The molecule has 10 heteroatoms. The number of rotatable bonds is 4. The van der Waals surface area contributed by atoms with Gasteiger partial charge in [-0.2, -0.15) is 4.68 Å². The monoisotopic (exact) mass is 429 g/mol. The first kappa shape index (κ1) is 21.8. The summed E-state index contributed by atoms with van der Waals surface area (Å²) in [5.41, 5.74) is -1.68. The van der Waals surface area contributed by atoms with Crippen molar-refractivity contribution in [2.45, 2.75) is 26.2 Å². The van der Waals surface area contributed by atoms with Crippen molar-refractivity contribution in [3.8, 4) is 17.5 Å². The zero-order valence-electron chi connectivity index (χ0n) is 16.8. The standard InChI is InChI=1S/C21H18F3N5O2/c1-3-4-5-6-8-14-11-12-18(17(24)13-14)27(2)20(30)29-21(31)28(25-26-29)19-15(22)9-7-10-16(19)23/h7,9-13H,3-5H2,1-2H3. The van der Waals surface area contributed by atoms with E-state index in [0.29, 0.717) is 16.7 Å². The number of hydrogen-bond acceptors (Lipinski definition) is 4. The van der Waals surface area contributed by atoms with Crippen LogP contribution in [0.25, 0.3) is 5.69 Å². The number of amides is 1. The SMILES string of the molecule is CCCCC#Cc1ccc(N(C)C(=O)n2nnn(-c3c(F)cccc3F)c2=O)c(F)c1. The molecular formula is C21H18F3N5O2. The fourth-order valence-corrected chi connectivity index (χ4v) is 2.73. The van der Waals surface area contributed by atoms with E-state index in [1.165, 1.54) is 25.2 Å². The smallest absolute Gasteiger partial charge is 0.292 e. The molecule has 7 nitrogen and oxygen atoms in total. The second-order valence-corrected chi connectivity index (χ2v) is 6.57. The van der Waals surface area contributed by atoms with E-state index >= 15 is 0 Å². The molecule has 0 saturated heterocycles. The van der Waals surface area contributed by atoms with Crippen LogP contribution in [0.2, 0.25) is 0 Å². The molecule has 0 bridgehead atoms. The average molecular weight is 429 g/mol. The van der Waals surface area contributed by atoms with E-state index in [2.05, 4.69) is 22.3 Å². The second-order valence-electron chi connectivity index (χ2n) is 6.57. The Labute approximate surface area is 175 Å². The van der Waals surface area contributed by atoms with Gasteiger partial charge in [0.15, 0.2) is 11.6 Å². The van der Waals surface area contributed by atoms with Crippen LogP contribution in [-0.4, -0.2) is 32.9 Å². The third-order valence-corrected chi connectivity index (χ3v) is 4.40. The van der Waals surface area contributed by atoms with Gasteiger partial charge in [0.05, 0.1) is 5.69 Å². The van der Waals surface area contributed by atoms with E-state index in [1.807, 2.05) is 6.92 Å². The van der Waals surface area contributed by atoms with Crippen molar-refractivity contribution in [2.24, 2.45) is 0 Å². The van der Waals surface area contributed by atoms with Gasteiger partial charge in [-0.25, -0.2) is 22.8 Å². The van der Waals surface area contributed by atoms with Gasteiger partial charge >= 0.3 is 11.7 Å². The molecular weight excluding hydrogens is 411 g/mol. The summed E-state index contributed by atoms with van der Waals surface area (Å²) in [6.45, 7) is 2.04. The second kappa shape index (κ2) is 9.30. The number of para-hydroxylation sites is 1. The van der Waals surface area contributed by atoms with Gasteiger partial charge in [-0.15, -0.1) is 4.68 Å². The van der Waals surface area contributed by atoms with Crippen LogP contribution in [0.4, 0.5) is 23.7 Å².